The Morgan fingerprint density at radius 1 is 1.30 bits per heavy atom. The molecular weight excluding hydrogens is 261 g/mol. The molecule has 20 heavy (non-hydrogen) atoms. The number of halogens is 1. The molecule has 1 aromatic rings. The normalized spacial score (nSPS) is 11.0. The number of carbonyl (C=O) groups excluding carboxylic acids is 2. The van der Waals surface area contributed by atoms with Crippen molar-refractivity contribution >= 4 is 17.5 Å². The molecule has 0 aliphatic carbocycles. The molecular formula is C14H20FN3O2. The summed E-state index contributed by atoms with van der Waals surface area (Å²) in [7, 11) is 1.57. The summed E-state index contributed by atoms with van der Waals surface area (Å²) in [5, 5.41) is 8.05. The number of nitrogens with one attached hydrogen (secondary N) is 3. The Kier molecular flexibility index (Phi) is 5.64. The van der Waals surface area contributed by atoms with E-state index in [2.05, 4.69) is 16.0 Å². The summed E-state index contributed by atoms with van der Waals surface area (Å²) in [6.07, 6.45) is 0. The van der Waals surface area contributed by atoms with Crippen molar-refractivity contribution in [2.45, 2.75) is 13.8 Å². The van der Waals surface area contributed by atoms with Crippen molar-refractivity contribution in [2.24, 2.45) is 5.41 Å². The SMILES string of the molecule is CNC(=O)C(C)(C)CNCC(=O)Nc1cccc(F)c1. The molecule has 0 saturated carbocycles. The van der Waals surface area contributed by atoms with Gasteiger partial charge in [0.05, 0.1) is 12.0 Å². The van der Waals surface area contributed by atoms with Crippen LogP contribution in [0.3, 0.4) is 0 Å². The number of carbonyl (C=O) groups is 2. The highest BCUT2D eigenvalue weighted by atomic mass is 19.1. The van der Waals surface area contributed by atoms with Crippen LogP contribution in [-0.2, 0) is 9.59 Å². The Morgan fingerprint density at radius 3 is 2.60 bits per heavy atom. The molecule has 0 saturated heterocycles. The molecule has 0 bridgehead atoms. The van der Waals surface area contributed by atoms with E-state index in [1.54, 1.807) is 27.0 Å². The van der Waals surface area contributed by atoms with Gasteiger partial charge in [0.25, 0.3) is 0 Å². The number of rotatable bonds is 6. The van der Waals surface area contributed by atoms with E-state index in [4.69, 9.17) is 0 Å². The van der Waals surface area contributed by atoms with Gasteiger partial charge in [-0.05, 0) is 32.0 Å². The van der Waals surface area contributed by atoms with Crippen molar-refractivity contribution < 1.29 is 14.0 Å². The predicted octanol–water partition coefficient (Wildman–Crippen LogP) is 1.13. The first-order chi connectivity index (χ1) is 9.35. The number of hydrogen-bond acceptors (Lipinski definition) is 3. The quantitative estimate of drug-likeness (QED) is 0.732. The molecule has 110 valence electrons. The van der Waals surface area contributed by atoms with Gasteiger partial charge in [0.1, 0.15) is 5.82 Å². The minimum atomic E-state index is -0.603. The highest BCUT2D eigenvalue weighted by Gasteiger charge is 2.26. The molecule has 6 heteroatoms. The van der Waals surface area contributed by atoms with E-state index >= 15 is 0 Å². The second-order valence-corrected chi connectivity index (χ2v) is 5.13. The van der Waals surface area contributed by atoms with Gasteiger partial charge in [0.2, 0.25) is 11.8 Å². The van der Waals surface area contributed by atoms with E-state index in [0.29, 0.717) is 12.2 Å². The van der Waals surface area contributed by atoms with E-state index in [1.807, 2.05) is 0 Å². The molecule has 0 spiro atoms. The van der Waals surface area contributed by atoms with Crippen molar-refractivity contribution in [3.8, 4) is 0 Å². The van der Waals surface area contributed by atoms with Gasteiger partial charge in [0, 0.05) is 19.3 Å². The summed E-state index contributed by atoms with van der Waals surface area (Å²) in [6.45, 7) is 3.98. The van der Waals surface area contributed by atoms with Crippen LogP contribution in [0.1, 0.15) is 13.8 Å². The van der Waals surface area contributed by atoms with Crippen LogP contribution in [0.2, 0.25) is 0 Å². The van der Waals surface area contributed by atoms with E-state index in [0.717, 1.165) is 0 Å². The monoisotopic (exact) mass is 281 g/mol. The fourth-order valence-electron chi connectivity index (χ4n) is 1.68. The van der Waals surface area contributed by atoms with Crippen LogP contribution in [0, 0.1) is 11.2 Å². The number of hydrogen-bond donors (Lipinski definition) is 3. The summed E-state index contributed by atoms with van der Waals surface area (Å²) >= 11 is 0. The van der Waals surface area contributed by atoms with Gasteiger partial charge in [-0.25, -0.2) is 4.39 Å². The minimum Gasteiger partial charge on any atom is -0.359 e. The summed E-state index contributed by atoms with van der Waals surface area (Å²) in [6, 6.07) is 5.68. The molecule has 0 aromatic heterocycles. The van der Waals surface area contributed by atoms with Gasteiger partial charge in [-0.3, -0.25) is 9.59 Å². The van der Waals surface area contributed by atoms with E-state index in [-0.39, 0.29) is 18.4 Å². The molecule has 0 atom stereocenters. The summed E-state index contributed by atoms with van der Waals surface area (Å²) in [5.74, 6) is -0.796. The van der Waals surface area contributed by atoms with Crippen LogP contribution in [-0.4, -0.2) is 32.0 Å². The lowest BCUT2D eigenvalue weighted by Gasteiger charge is -2.22. The lowest BCUT2D eigenvalue weighted by atomic mass is 9.92. The molecule has 0 aliphatic heterocycles. The summed E-state index contributed by atoms with van der Waals surface area (Å²) in [4.78, 5) is 23.2. The lowest BCUT2D eigenvalue weighted by molar-refractivity contribution is -0.128. The molecule has 0 aliphatic rings. The van der Waals surface area contributed by atoms with Gasteiger partial charge in [-0.1, -0.05) is 6.07 Å². The maximum Gasteiger partial charge on any atom is 0.238 e. The molecule has 0 heterocycles. The largest absolute Gasteiger partial charge is 0.359 e. The average molecular weight is 281 g/mol. The Balaban J connectivity index is 2.39. The smallest absolute Gasteiger partial charge is 0.238 e. The van der Waals surface area contributed by atoms with Crippen LogP contribution < -0.4 is 16.0 Å². The Morgan fingerprint density at radius 2 is 2.00 bits per heavy atom. The van der Waals surface area contributed by atoms with Crippen LogP contribution >= 0.6 is 0 Å². The Hall–Kier alpha value is -1.95. The molecule has 0 fully saturated rings. The third-order valence-corrected chi connectivity index (χ3v) is 2.80. The number of anilines is 1. The zero-order chi connectivity index (χ0) is 15.2. The van der Waals surface area contributed by atoms with Gasteiger partial charge in [-0.15, -0.1) is 0 Å². The highest BCUT2D eigenvalue weighted by molar-refractivity contribution is 5.92. The molecule has 1 rings (SSSR count). The maximum atomic E-state index is 12.9. The van der Waals surface area contributed by atoms with Crippen molar-refractivity contribution in [1.82, 2.24) is 10.6 Å². The third-order valence-electron chi connectivity index (χ3n) is 2.80. The van der Waals surface area contributed by atoms with Crippen LogP contribution in [0.25, 0.3) is 0 Å². The number of amides is 2. The zero-order valence-corrected chi connectivity index (χ0v) is 11.9. The maximum absolute atomic E-state index is 12.9. The first-order valence-corrected chi connectivity index (χ1v) is 6.33. The minimum absolute atomic E-state index is 0.0525. The molecule has 3 N–H and O–H groups in total. The molecule has 1 aromatic carbocycles. The molecule has 0 radical (unpaired) electrons. The summed E-state index contributed by atoms with van der Waals surface area (Å²) < 4.78 is 12.9. The first kappa shape index (κ1) is 16.1. The topological polar surface area (TPSA) is 70.2 Å². The van der Waals surface area contributed by atoms with Gasteiger partial charge < -0.3 is 16.0 Å². The molecule has 2 amide bonds. The van der Waals surface area contributed by atoms with Crippen molar-refractivity contribution in [2.75, 3.05) is 25.5 Å². The van der Waals surface area contributed by atoms with Gasteiger partial charge in [-0.2, -0.15) is 0 Å². The van der Waals surface area contributed by atoms with E-state index in [1.165, 1.54) is 18.2 Å². The first-order valence-electron chi connectivity index (χ1n) is 6.33. The van der Waals surface area contributed by atoms with Gasteiger partial charge in [0.15, 0.2) is 0 Å². The van der Waals surface area contributed by atoms with Crippen molar-refractivity contribution in [3.63, 3.8) is 0 Å². The fourth-order valence-corrected chi connectivity index (χ4v) is 1.68. The Labute approximate surface area is 117 Å². The van der Waals surface area contributed by atoms with Crippen LogP contribution in [0.5, 0.6) is 0 Å². The standard InChI is InChI=1S/C14H20FN3O2/c1-14(2,13(20)16-3)9-17-8-12(19)18-11-6-4-5-10(15)7-11/h4-7,17H,8-9H2,1-3H3,(H,16,20)(H,18,19). The lowest BCUT2D eigenvalue weighted by Crippen LogP contribution is -2.43. The predicted molar refractivity (Wildman–Crippen MR) is 75.7 cm³/mol. The van der Waals surface area contributed by atoms with Crippen molar-refractivity contribution in [1.29, 1.82) is 0 Å². The van der Waals surface area contributed by atoms with Gasteiger partial charge >= 0.3 is 0 Å². The van der Waals surface area contributed by atoms with Crippen molar-refractivity contribution in [3.05, 3.63) is 30.1 Å². The Bertz CT molecular complexity index is 489. The average Bonchev–Trinajstić information content (AvgIpc) is 2.37. The van der Waals surface area contributed by atoms with E-state index in [9.17, 15) is 14.0 Å². The molecule has 0 unspecified atom stereocenters. The van der Waals surface area contributed by atoms with E-state index < -0.39 is 11.2 Å². The number of benzene rings is 1. The second kappa shape index (κ2) is 7.00. The zero-order valence-electron chi connectivity index (χ0n) is 11.9. The van der Waals surface area contributed by atoms with Crippen LogP contribution in [0.15, 0.2) is 24.3 Å². The molecule has 5 nitrogen and oxygen atoms in total. The second-order valence-electron chi connectivity index (χ2n) is 5.13. The van der Waals surface area contributed by atoms with Crippen LogP contribution in [0.4, 0.5) is 10.1 Å². The summed E-state index contributed by atoms with van der Waals surface area (Å²) in [5.41, 5.74) is -0.198. The fraction of sp³-hybridized carbons (Fsp3) is 0.429. The third kappa shape index (κ3) is 4.97. The highest BCUT2D eigenvalue weighted by Crippen LogP contribution is 2.13.